The summed E-state index contributed by atoms with van der Waals surface area (Å²) in [5, 5.41) is 22.2. The molecule has 0 saturated carbocycles. The molecule has 4 aliphatic carbocycles. The predicted molar refractivity (Wildman–Crippen MR) is 183 cm³/mol. The Bertz CT molecular complexity index is 2430. The molecular formula is C43H24N2. The molecule has 1 unspecified atom stereocenters. The highest BCUT2D eigenvalue weighted by atomic mass is 14.4. The first kappa shape index (κ1) is 25.3. The third-order valence-electron chi connectivity index (χ3n) is 9.52. The topological polar surface area (TPSA) is 47.6 Å². The molecule has 0 fully saturated rings. The fourth-order valence-corrected chi connectivity index (χ4v) is 7.67. The Hall–Kier alpha value is -6.22. The molecule has 206 valence electrons. The van der Waals surface area contributed by atoms with Crippen LogP contribution in [0.3, 0.4) is 0 Å². The third kappa shape index (κ3) is 3.67. The van der Waals surface area contributed by atoms with E-state index >= 15 is 0 Å². The van der Waals surface area contributed by atoms with E-state index in [1.54, 1.807) is 0 Å². The maximum atomic E-state index is 9.95. The number of fused-ring (bicyclic) bond motifs is 3. The SMILES string of the molecule is N#Cc1cccc(-c2cc(C3=C4C=CC=C5C=CC=C(C=C3)C54)c(-c3cccc(C#N)c3)c3c2-c2cccc4cccc-3c24)c1. The molecular weight excluding hydrogens is 544 g/mol. The zero-order chi connectivity index (χ0) is 30.1. The van der Waals surface area contributed by atoms with Gasteiger partial charge in [-0.05, 0) is 113 Å². The Labute approximate surface area is 261 Å². The molecule has 0 aromatic heterocycles. The minimum Gasteiger partial charge on any atom is -0.192 e. The van der Waals surface area contributed by atoms with Gasteiger partial charge in [0.05, 0.1) is 23.3 Å². The lowest BCUT2D eigenvalue weighted by molar-refractivity contribution is 0.883. The van der Waals surface area contributed by atoms with Gasteiger partial charge in [0.25, 0.3) is 0 Å². The van der Waals surface area contributed by atoms with E-state index in [0.29, 0.717) is 11.1 Å². The molecule has 0 bridgehead atoms. The van der Waals surface area contributed by atoms with Crippen LogP contribution in [-0.4, -0.2) is 0 Å². The molecule has 0 radical (unpaired) electrons. The molecule has 45 heavy (non-hydrogen) atoms. The normalized spacial score (nSPS) is 16.5. The van der Waals surface area contributed by atoms with Crippen molar-refractivity contribution < 1.29 is 0 Å². The quantitative estimate of drug-likeness (QED) is 0.213. The first-order valence-electron chi connectivity index (χ1n) is 15.2. The van der Waals surface area contributed by atoms with Gasteiger partial charge in [-0.15, -0.1) is 0 Å². The van der Waals surface area contributed by atoms with E-state index in [0.717, 1.165) is 27.8 Å². The van der Waals surface area contributed by atoms with Crippen molar-refractivity contribution in [2.75, 3.05) is 0 Å². The first-order chi connectivity index (χ1) is 22.2. The van der Waals surface area contributed by atoms with Crippen molar-refractivity contribution in [2.24, 2.45) is 5.92 Å². The number of hydrogen-bond acceptors (Lipinski definition) is 2. The maximum absolute atomic E-state index is 9.95. The van der Waals surface area contributed by atoms with E-state index in [1.807, 2.05) is 36.4 Å². The average Bonchev–Trinajstić information content (AvgIpc) is 3.44. The number of allylic oxidation sites excluding steroid dienone is 12. The second-order valence-corrected chi connectivity index (χ2v) is 11.9. The highest BCUT2D eigenvalue weighted by molar-refractivity contribution is 6.22. The van der Waals surface area contributed by atoms with Crippen molar-refractivity contribution in [3.05, 3.63) is 173 Å². The van der Waals surface area contributed by atoms with E-state index in [9.17, 15) is 10.5 Å². The summed E-state index contributed by atoms with van der Waals surface area (Å²) in [5.74, 6) is 0.178. The van der Waals surface area contributed by atoms with Crippen molar-refractivity contribution in [2.45, 2.75) is 0 Å². The van der Waals surface area contributed by atoms with Crippen LogP contribution in [0, 0.1) is 28.6 Å². The summed E-state index contributed by atoms with van der Waals surface area (Å²) in [6, 6.07) is 36.1. The minimum absolute atomic E-state index is 0.178. The third-order valence-corrected chi connectivity index (χ3v) is 9.52. The van der Waals surface area contributed by atoms with Crippen LogP contribution in [0.2, 0.25) is 0 Å². The van der Waals surface area contributed by atoms with E-state index < -0.39 is 0 Å². The molecule has 0 aliphatic heterocycles. The monoisotopic (exact) mass is 568 g/mol. The summed E-state index contributed by atoms with van der Waals surface area (Å²) in [7, 11) is 0. The Morgan fingerprint density at radius 1 is 0.511 bits per heavy atom. The van der Waals surface area contributed by atoms with Crippen molar-refractivity contribution >= 4 is 16.3 Å². The van der Waals surface area contributed by atoms with Gasteiger partial charge >= 0.3 is 0 Å². The first-order valence-corrected chi connectivity index (χ1v) is 15.2. The molecule has 0 saturated heterocycles. The van der Waals surface area contributed by atoms with Gasteiger partial charge in [0.2, 0.25) is 0 Å². The Morgan fingerprint density at radius 3 is 1.91 bits per heavy atom. The van der Waals surface area contributed by atoms with Crippen molar-refractivity contribution in [1.29, 1.82) is 10.5 Å². The molecule has 4 aliphatic rings. The van der Waals surface area contributed by atoms with Crippen LogP contribution in [-0.2, 0) is 0 Å². The van der Waals surface area contributed by atoms with E-state index in [-0.39, 0.29) is 5.92 Å². The van der Waals surface area contributed by atoms with Gasteiger partial charge in [-0.25, -0.2) is 0 Å². The number of nitriles is 2. The van der Waals surface area contributed by atoms with Gasteiger partial charge < -0.3 is 0 Å². The summed E-state index contributed by atoms with van der Waals surface area (Å²) >= 11 is 0. The highest BCUT2D eigenvalue weighted by Crippen LogP contribution is 2.57. The maximum Gasteiger partial charge on any atom is 0.0991 e. The zero-order valence-corrected chi connectivity index (χ0v) is 24.3. The zero-order valence-electron chi connectivity index (χ0n) is 24.3. The van der Waals surface area contributed by atoms with Crippen LogP contribution in [0.5, 0.6) is 0 Å². The second kappa shape index (κ2) is 9.65. The van der Waals surface area contributed by atoms with E-state index in [2.05, 4.69) is 115 Å². The van der Waals surface area contributed by atoms with Crippen LogP contribution in [0.25, 0.3) is 60.9 Å². The average molecular weight is 569 g/mol. The van der Waals surface area contributed by atoms with Gasteiger partial charge in [0.1, 0.15) is 0 Å². The summed E-state index contributed by atoms with van der Waals surface area (Å²) in [6.07, 6.45) is 17.7. The van der Waals surface area contributed by atoms with E-state index in [1.165, 1.54) is 55.3 Å². The molecule has 0 amide bonds. The summed E-state index contributed by atoms with van der Waals surface area (Å²) in [4.78, 5) is 0. The lowest BCUT2D eigenvalue weighted by Crippen LogP contribution is -2.16. The molecule has 1 atom stereocenters. The smallest absolute Gasteiger partial charge is 0.0991 e. The van der Waals surface area contributed by atoms with Gasteiger partial charge in [-0.2, -0.15) is 10.5 Å². The summed E-state index contributed by atoms with van der Waals surface area (Å²) < 4.78 is 0. The number of hydrogen-bond donors (Lipinski definition) is 0. The van der Waals surface area contributed by atoms with Crippen LogP contribution in [0.15, 0.2) is 156 Å². The van der Waals surface area contributed by atoms with Crippen LogP contribution in [0.1, 0.15) is 16.7 Å². The van der Waals surface area contributed by atoms with Gasteiger partial charge in [-0.1, -0.05) is 109 Å². The molecule has 5 aromatic rings. The summed E-state index contributed by atoms with van der Waals surface area (Å²) in [6.45, 7) is 0. The molecule has 2 heteroatoms. The Balaban J connectivity index is 1.47. The number of benzene rings is 5. The molecule has 2 nitrogen and oxygen atoms in total. The summed E-state index contributed by atoms with van der Waals surface area (Å²) in [5.41, 5.74) is 16.4. The highest BCUT2D eigenvalue weighted by Gasteiger charge is 2.33. The lowest BCUT2D eigenvalue weighted by atomic mass is 9.71. The van der Waals surface area contributed by atoms with Crippen LogP contribution < -0.4 is 0 Å². The Kier molecular flexibility index (Phi) is 5.42. The molecule has 0 spiro atoms. The van der Waals surface area contributed by atoms with Gasteiger partial charge in [0, 0.05) is 5.92 Å². The van der Waals surface area contributed by atoms with Crippen molar-refractivity contribution in [3.8, 4) is 56.6 Å². The van der Waals surface area contributed by atoms with Crippen molar-refractivity contribution in [1.82, 2.24) is 0 Å². The fraction of sp³-hybridized carbons (Fsp3) is 0.0233. The predicted octanol–water partition coefficient (Wildman–Crippen LogP) is 10.5. The van der Waals surface area contributed by atoms with Gasteiger partial charge in [0.15, 0.2) is 0 Å². The molecule has 5 aromatic carbocycles. The van der Waals surface area contributed by atoms with Crippen molar-refractivity contribution in [3.63, 3.8) is 0 Å². The van der Waals surface area contributed by atoms with E-state index in [4.69, 9.17) is 0 Å². The van der Waals surface area contributed by atoms with Crippen LogP contribution >= 0.6 is 0 Å². The standard InChI is InChI=1S/C43H24N2/c44-24-26-7-1-14-31(21-26)37-23-38(33-20-19-30-10-3-9-28-11-4-16-34(33)39(28)30)41(32-15-2-8-27(22-32)25-45)43-36-18-6-13-29-12-5-17-35(40(29)36)42(37)43/h1-23,39H. The molecule has 0 heterocycles. The number of nitrogens with zero attached hydrogens (tertiary/aromatic N) is 2. The molecule has 9 rings (SSSR count). The fourth-order valence-electron chi connectivity index (χ4n) is 7.67. The Morgan fingerprint density at radius 2 is 1.16 bits per heavy atom. The van der Waals surface area contributed by atoms with Crippen LogP contribution in [0.4, 0.5) is 0 Å². The van der Waals surface area contributed by atoms with Gasteiger partial charge in [-0.3, -0.25) is 0 Å². The second-order valence-electron chi connectivity index (χ2n) is 11.9. The number of rotatable bonds is 3. The minimum atomic E-state index is 0.178. The lowest BCUT2D eigenvalue weighted by Gasteiger charge is -2.32. The largest absolute Gasteiger partial charge is 0.192 e. The molecule has 0 N–H and O–H groups in total.